The van der Waals surface area contributed by atoms with Gasteiger partial charge in [0.1, 0.15) is 5.69 Å². The van der Waals surface area contributed by atoms with Crippen LogP contribution in [-0.2, 0) is 6.18 Å². The molecule has 4 saturated carbocycles. The summed E-state index contributed by atoms with van der Waals surface area (Å²) >= 11 is 0. The van der Waals surface area contributed by atoms with E-state index in [1.54, 1.807) is 17.2 Å². The lowest BCUT2D eigenvalue weighted by molar-refractivity contribution is -0.137. The Hall–Kier alpha value is -2.95. The number of pyridine rings is 1. The molecule has 0 spiro atoms. The first-order valence-corrected chi connectivity index (χ1v) is 13.0. The third-order valence-electron chi connectivity index (χ3n) is 8.74. The molecule has 11 heteroatoms. The zero-order valence-corrected chi connectivity index (χ0v) is 20.7. The van der Waals surface area contributed by atoms with Gasteiger partial charge in [0.05, 0.1) is 16.9 Å². The smallest absolute Gasteiger partial charge is 0.390 e. The summed E-state index contributed by atoms with van der Waals surface area (Å²) in [4.78, 5) is 29.4. The minimum Gasteiger partial charge on any atom is -0.390 e. The van der Waals surface area contributed by atoms with Gasteiger partial charge in [0.25, 0.3) is 5.91 Å². The Morgan fingerprint density at radius 2 is 1.89 bits per heavy atom. The van der Waals surface area contributed by atoms with E-state index in [1.807, 2.05) is 11.8 Å². The van der Waals surface area contributed by atoms with E-state index in [4.69, 9.17) is 0 Å². The van der Waals surface area contributed by atoms with E-state index in [0.29, 0.717) is 43.3 Å². The van der Waals surface area contributed by atoms with Crippen molar-refractivity contribution < 1.29 is 23.1 Å². The minimum absolute atomic E-state index is 0.0494. The molecule has 3 atom stereocenters. The van der Waals surface area contributed by atoms with E-state index in [9.17, 15) is 23.1 Å². The van der Waals surface area contributed by atoms with Crippen molar-refractivity contribution in [3.8, 4) is 0 Å². The van der Waals surface area contributed by atoms with Gasteiger partial charge in [0.15, 0.2) is 0 Å². The fourth-order valence-electron chi connectivity index (χ4n) is 7.41. The summed E-state index contributed by atoms with van der Waals surface area (Å²) in [6.07, 6.45) is 3.79. The summed E-state index contributed by atoms with van der Waals surface area (Å²) in [6, 6.07) is 2.87. The Morgan fingerprint density at radius 1 is 1.14 bits per heavy atom. The summed E-state index contributed by atoms with van der Waals surface area (Å²) < 4.78 is 40.5. The number of amides is 1. The van der Waals surface area contributed by atoms with Crippen molar-refractivity contribution in [2.45, 2.75) is 62.9 Å². The molecule has 5 fully saturated rings. The van der Waals surface area contributed by atoms with Gasteiger partial charge < -0.3 is 20.2 Å². The molecule has 7 rings (SSSR count). The normalized spacial score (nSPS) is 33.1. The van der Waals surface area contributed by atoms with Crippen LogP contribution >= 0.6 is 0 Å². The predicted octanol–water partition coefficient (Wildman–Crippen LogP) is 3.27. The second-order valence-electron chi connectivity index (χ2n) is 11.3. The van der Waals surface area contributed by atoms with Gasteiger partial charge in [-0.1, -0.05) is 0 Å². The van der Waals surface area contributed by atoms with Gasteiger partial charge in [-0.25, -0.2) is 9.97 Å². The van der Waals surface area contributed by atoms with Crippen molar-refractivity contribution in [2.24, 2.45) is 17.8 Å². The Labute approximate surface area is 213 Å². The van der Waals surface area contributed by atoms with Gasteiger partial charge in [0, 0.05) is 50.3 Å². The highest BCUT2D eigenvalue weighted by molar-refractivity contribution is 5.92. The molecule has 8 nitrogen and oxygen atoms in total. The number of anilines is 2. The molecule has 37 heavy (non-hydrogen) atoms. The van der Waals surface area contributed by atoms with Crippen LogP contribution in [0.2, 0.25) is 0 Å². The van der Waals surface area contributed by atoms with Crippen molar-refractivity contribution in [3.05, 3.63) is 42.0 Å². The molecule has 0 aromatic carbocycles. The Bertz CT molecular complexity index is 1180. The summed E-state index contributed by atoms with van der Waals surface area (Å²) in [5.41, 5.74) is -0.915. The maximum absolute atomic E-state index is 13.5. The van der Waals surface area contributed by atoms with E-state index in [1.165, 1.54) is 12.3 Å². The highest BCUT2D eigenvalue weighted by Gasteiger charge is 2.55. The molecule has 2 N–H and O–H groups in total. The molecule has 4 bridgehead atoms. The first kappa shape index (κ1) is 24.4. The monoisotopic (exact) mass is 516 g/mol. The highest BCUT2D eigenvalue weighted by Crippen LogP contribution is 2.55. The maximum atomic E-state index is 13.5. The number of hydrogen-bond donors (Lipinski definition) is 2. The molecule has 1 amide bonds. The van der Waals surface area contributed by atoms with Crippen molar-refractivity contribution in [3.63, 3.8) is 0 Å². The molecular weight excluding hydrogens is 485 g/mol. The lowest BCUT2D eigenvalue weighted by Crippen LogP contribution is -2.61. The number of hydrogen-bond acceptors (Lipinski definition) is 7. The fourth-order valence-corrected chi connectivity index (χ4v) is 7.41. The van der Waals surface area contributed by atoms with Crippen molar-refractivity contribution in [1.29, 1.82) is 0 Å². The first-order valence-electron chi connectivity index (χ1n) is 13.0. The standard InChI is InChI=1S/C26H31F3N6O2/c1-15-14-34(21-3-4-30-13-19(21)26(27,28)29)6-7-35(15)24-31-5-2-20(32-24)23(36)33-22-17-8-16-9-18(22)12-25(37,10-16)11-17/h2-5,13,15-18,22,37H,6-12,14H2,1H3,(H,33,36)/t15-,16?,17?,18?,22-,25-/m1/s1. The molecule has 4 aliphatic carbocycles. The third kappa shape index (κ3) is 4.51. The lowest BCUT2D eigenvalue weighted by Gasteiger charge is -2.58. The van der Waals surface area contributed by atoms with Crippen LogP contribution in [0.25, 0.3) is 0 Å². The molecule has 1 aliphatic heterocycles. The SMILES string of the molecule is C[C@@H]1CN(c2ccncc2C(F)(F)F)CCN1c1nccc(C(=O)N[C@H]2C3CC4CC2C[C@](O)(C4)C3)n1. The van der Waals surface area contributed by atoms with Crippen LogP contribution in [0.15, 0.2) is 30.7 Å². The van der Waals surface area contributed by atoms with Crippen molar-refractivity contribution in [1.82, 2.24) is 20.3 Å². The molecule has 3 heterocycles. The zero-order chi connectivity index (χ0) is 25.9. The predicted molar refractivity (Wildman–Crippen MR) is 130 cm³/mol. The molecule has 1 saturated heterocycles. The summed E-state index contributed by atoms with van der Waals surface area (Å²) in [5, 5.41) is 14.0. The molecule has 2 aromatic heterocycles. The van der Waals surface area contributed by atoms with Crippen LogP contribution in [0.5, 0.6) is 0 Å². The Morgan fingerprint density at radius 3 is 2.57 bits per heavy atom. The highest BCUT2D eigenvalue weighted by atomic mass is 19.4. The lowest BCUT2D eigenvalue weighted by atomic mass is 9.52. The number of alkyl halides is 3. The van der Waals surface area contributed by atoms with Crippen LogP contribution in [0.4, 0.5) is 24.8 Å². The number of aromatic nitrogens is 3. The van der Waals surface area contributed by atoms with Gasteiger partial charge >= 0.3 is 6.18 Å². The summed E-state index contributed by atoms with van der Waals surface area (Å²) in [6.45, 7) is 3.03. The molecule has 198 valence electrons. The van der Waals surface area contributed by atoms with E-state index >= 15 is 0 Å². The second-order valence-corrected chi connectivity index (χ2v) is 11.3. The van der Waals surface area contributed by atoms with Crippen LogP contribution in [-0.4, -0.2) is 63.3 Å². The molecular formula is C26H31F3N6O2. The van der Waals surface area contributed by atoms with Crippen LogP contribution in [0, 0.1) is 17.8 Å². The summed E-state index contributed by atoms with van der Waals surface area (Å²) in [5.74, 6) is 1.30. The number of carbonyl (C=O) groups excluding carboxylic acids is 1. The zero-order valence-electron chi connectivity index (χ0n) is 20.7. The number of rotatable bonds is 4. The van der Waals surface area contributed by atoms with Gasteiger partial charge in [-0.05, 0) is 68.9 Å². The van der Waals surface area contributed by atoms with Gasteiger partial charge in [-0.3, -0.25) is 9.78 Å². The van der Waals surface area contributed by atoms with Crippen LogP contribution in [0.3, 0.4) is 0 Å². The third-order valence-corrected chi connectivity index (χ3v) is 8.74. The number of nitrogens with zero attached hydrogens (tertiary/aromatic N) is 5. The van der Waals surface area contributed by atoms with Crippen molar-refractivity contribution >= 4 is 17.5 Å². The fraction of sp³-hybridized carbons (Fsp3) is 0.615. The Kier molecular flexibility index (Phi) is 5.81. The maximum Gasteiger partial charge on any atom is 0.419 e. The molecule has 0 radical (unpaired) electrons. The van der Waals surface area contributed by atoms with Gasteiger partial charge in [-0.15, -0.1) is 0 Å². The topological polar surface area (TPSA) is 94.5 Å². The largest absolute Gasteiger partial charge is 0.419 e. The number of aliphatic hydroxyl groups is 1. The van der Waals surface area contributed by atoms with E-state index < -0.39 is 17.3 Å². The Balaban J connectivity index is 1.14. The number of carbonyl (C=O) groups is 1. The van der Waals surface area contributed by atoms with Gasteiger partial charge in [0.2, 0.25) is 5.95 Å². The molecule has 2 aromatic rings. The number of halogens is 3. The van der Waals surface area contributed by atoms with E-state index in [0.717, 1.165) is 38.3 Å². The average Bonchev–Trinajstić information content (AvgIpc) is 2.84. The van der Waals surface area contributed by atoms with Crippen LogP contribution in [0.1, 0.15) is 55.1 Å². The quantitative estimate of drug-likeness (QED) is 0.644. The van der Waals surface area contributed by atoms with Gasteiger partial charge in [-0.2, -0.15) is 13.2 Å². The van der Waals surface area contributed by atoms with E-state index in [2.05, 4.69) is 20.3 Å². The van der Waals surface area contributed by atoms with Crippen LogP contribution < -0.4 is 15.1 Å². The second kappa shape index (κ2) is 8.82. The summed E-state index contributed by atoms with van der Waals surface area (Å²) in [7, 11) is 0. The molecule has 5 aliphatic rings. The first-order chi connectivity index (χ1) is 17.6. The number of nitrogens with one attached hydrogen (secondary N) is 1. The minimum atomic E-state index is -4.48. The number of piperazine rings is 1. The van der Waals surface area contributed by atoms with Crippen molar-refractivity contribution in [2.75, 3.05) is 29.4 Å². The average molecular weight is 517 g/mol. The van der Waals surface area contributed by atoms with E-state index in [-0.39, 0.29) is 29.4 Å². The molecule has 2 unspecified atom stereocenters.